The predicted molar refractivity (Wildman–Crippen MR) is 312 cm³/mol. The third-order valence-corrected chi connectivity index (χ3v) is 11.8. The minimum absolute atomic E-state index is 0. The average molecular weight is 1360 g/mol. The molecule has 0 aromatic heterocycles. The maximum Gasteiger partial charge on any atom is 0.0967 e. The standard InChI is InChI=1S/3C19H14O2.C6H15N.2CH2Cl2.2O.U/c3*20-19(21)18-16(14-8-3-1-4-9-14)12-7-13-17(18)15-10-5-2-6-11-15;1-4-7(5-2)6-3;2*2-1-3;;;/h3*1-13H,(H,20,21);4-6H2,1-3H3;2*1H2;;;/q;;;;;;2*-2;/p-2. The molecule has 0 saturated carbocycles. The molecule has 0 fully saturated rings. The molecule has 9 aromatic carbocycles. The van der Waals surface area contributed by atoms with Gasteiger partial charge in [-0.1, -0.05) is 237 Å². The Morgan fingerprint density at radius 3 is 0.544 bits per heavy atom. The van der Waals surface area contributed by atoms with E-state index in [1.54, 1.807) is 4.90 Å². The van der Waals surface area contributed by atoms with E-state index in [2.05, 4.69) is 20.8 Å². The van der Waals surface area contributed by atoms with Crippen molar-refractivity contribution in [3.8, 4) is 66.8 Å². The van der Waals surface area contributed by atoms with E-state index < -0.39 is 17.9 Å². The van der Waals surface area contributed by atoms with Crippen molar-refractivity contribution in [2.24, 2.45) is 0 Å². The van der Waals surface area contributed by atoms with Crippen LogP contribution in [0.1, 0.15) is 51.8 Å². The molecule has 0 saturated heterocycles. The van der Waals surface area contributed by atoms with Gasteiger partial charge in [-0.15, -0.1) is 46.4 Å². The topological polar surface area (TPSA) is 182 Å². The summed E-state index contributed by atoms with van der Waals surface area (Å²) in [6.07, 6.45) is 0. The number of aromatic carboxylic acids is 3. The maximum atomic E-state index is 11.7. The molecule has 0 amide bonds. The number of nitrogens with one attached hydrogen (secondary N) is 1. The number of carbonyl (C=O) groups excluding carboxylic acids is 3. The Kier molecular flexibility index (Phi) is 35.5. The van der Waals surface area contributed by atoms with Gasteiger partial charge < -0.3 is 45.6 Å². The van der Waals surface area contributed by atoms with Gasteiger partial charge >= 0.3 is 0 Å². The van der Waals surface area contributed by atoms with Gasteiger partial charge in [0.1, 0.15) is 0 Å². The molecule has 0 radical (unpaired) electrons. The molecule has 9 rings (SSSR count). The molecule has 410 valence electrons. The molecule has 0 spiro atoms. The van der Waals surface area contributed by atoms with E-state index in [1.165, 1.54) is 19.6 Å². The van der Waals surface area contributed by atoms with E-state index in [0.717, 1.165) is 33.4 Å². The Balaban J connectivity index is 0.000000524. The van der Waals surface area contributed by atoms with Crippen molar-refractivity contribution in [1.29, 1.82) is 0 Å². The molecule has 0 aliphatic heterocycles. The molecule has 9 aromatic rings. The van der Waals surface area contributed by atoms with Crippen molar-refractivity contribution < 1.29 is 76.7 Å². The quantitative estimate of drug-likeness (QED) is 0.119. The molecular weight excluding hydrogens is 1300 g/mol. The van der Waals surface area contributed by atoms with Crippen LogP contribution in [-0.4, -0.2) is 48.2 Å². The van der Waals surface area contributed by atoms with E-state index in [9.17, 15) is 29.7 Å². The van der Waals surface area contributed by atoms with Gasteiger partial charge in [0, 0.05) is 47.8 Å². The normalized spacial score (nSPS) is 9.57. The van der Waals surface area contributed by atoms with Crippen LogP contribution in [0.25, 0.3) is 66.8 Å². The number of carboxylic acids is 3. The number of benzene rings is 9. The van der Waals surface area contributed by atoms with Gasteiger partial charge in [-0.05, 0) is 87.5 Å². The Labute approximate surface area is 508 Å². The Bertz CT molecular complexity index is 2620. The van der Waals surface area contributed by atoms with E-state index >= 15 is 0 Å². The first kappa shape index (κ1) is 70.5. The van der Waals surface area contributed by atoms with Crippen molar-refractivity contribution in [2.45, 2.75) is 20.8 Å². The largest absolute Gasteiger partial charge is 2.00 e. The predicted octanol–water partition coefficient (Wildman–Crippen LogP) is 12.7. The van der Waals surface area contributed by atoms with E-state index in [0.29, 0.717) is 33.4 Å². The number of hydrogen-bond acceptors (Lipinski definition) is 6. The zero-order valence-corrected chi connectivity index (χ0v) is 51.0. The number of alkyl halides is 4. The smallest absolute Gasteiger partial charge is 0.0967 e. The van der Waals surface area contributed by atoms with Crippen LogP contribution in [0.5, 0.6) is 0 Å². The zero-order valence-electron chi connectivity index (χ0n) is 43.8. The summed E-state index contributed by atoms with van der Waals surface area (Å²) in [4.78, 5) is 36.7. The molecule has 0 aliphatic rings. The molecule has 0 unspecified atom stereocenters. The number of halogens is 4. The molecule has 0 bridgehead atoms. The van der Waals surface area contributed by atoms with Gasteiger partial charge in [0.15, 0.2) is 0 Å². The summed E-state index contributed by atoms with van der Waals surface area (Å²) in [5, 5.41) is 35.4. The van der Waals surface area contributed by atoms with E-state index in [1.807, 2.05) is 237 Å². The minimum Gasteiger partial charge on any atom is -2.00 e. The van der Waals surface area contributed by atoms with Crippen molar-refractivity contribution in [3.63, 3.8) is 0 Å². The second-order valence-electron chi connectivity index (χ2n) is 16.3. The minimum atomic E-state index is -1.16. The number of rotatable bonds is 12. The van der Waals surface area contributed by atoms with Gasteiger partial charge in [-0.3, -0.25) is 0 Å². The summed E-state index contributed by atoms with van der Waals surface area (Å²) >= 11 is 19.1. The third kappa shape index (κ3) is 21.9. The summed E-state index contributed by atoms with van der Waals surface area (Å²) in [6, 6.07) is 73.4. The zero-order chi connectivity index (χ0) is 55.1. The van der Waals surface area contributed by atoms with Crippen molar-refractivity contribution in [2.75, 3.05) is 30.3 Å². The number of carboxylic acid groups (broad SMARTS) is 3. The Morgan fingerprint density at radius 2 is 0.443 bits per heavy atom. The Morgan fingerprint density at radius 1 is 0.304 bits per heavy atom. The van der Waals surface area contributed by atoms with Crippen LogP contribution in [0.3, 0.4) is 0 Å². The van der Waals surface area contributed by atoms with E-state index in [-0.39, 0.29) is 69.4 Å². The third-order valence-electron chi connectivity index (χ3n) is 11.8. The second-order valence-corrected chi connectivity index (χ2v) is 17.9. The summed E-state index contributed by atoms with van der Waals surface area (Å²) in [7, 11) is 0. The molecular formula is C65H59Cl4NO8U-6. The van der Waals surface area contributed by atoms with Gasteiger partial charge in [0.25, 0.3) is 0 Å². The molecule has 14 heteroatoms. The van der Waals surface area contributed by atoms with Crippen molar-refractivity contribution >= 4 is 64.3 Å². The van der Waals surface area contributed by atoms with Crippen molar-refractivity contribution in [3.05, 3.63) is 253 Å². The monoisotopic (exact) mass is 1360 g/mol. The molecule has 79 heavy (non-hydrogen) atoms. The van der Waals surface area contributed by atoms with Crippen LogP contribution in [0.15, 0.2) is 237 Å². The van der Waals surface area contributed by atoms with Crippen LogP contribution >= 0.6 is 46.4 Å². The first-order chi connectivity index (χ1) is 37.0. The fraction of sp³-hybridized carbons (Fsp3) is 0.123. The molecule has 1 N–H and O–H groups in total. The van der Waals surface area contributed by atoms with Crippen LogP contribution < -0.4 is 20.2 Å². The van der Waals surface area contributed by atoms with Crippen molar-refractivity contribution in [1.82, 2.24) is 0 Å². The summed E-state index contributed by atoms with van der Waals surface area (Å²) in [6.45, 7) is 10.5. The molecule has 0 atom stereocenters. The number of carbonyl (C=O) groups is 3. The van der Waals surface area contributed by atoms with Crippen LogP contribution in [0.2, 0.25) is 0 Å². The summed E-state index contributed by atoms with van der Waals surface area (Å²) < 4.78 is 0. The molecule has 0 heterocycles. The summed E-state index contributed by atoms with van der Waals surface area (Å²) in [5.74, 6) is -3.48. The molecule has 0 aliphatic carbocycles. The summed E-state index contributed by atoms with van der Waals surface area (Å²) in [5.41, 5.74) is 9.98. The van der Waals surface area contributed by atoms with Gasteiger partial charge in [0.2, 0.25) is 0 Å². The van der Waals surface area contributed by atoms with Gasteiger partial charge in [-0.2, -0.15) is 0 Å². The fourth-order valence-electron chi connectivity index (χ4n) is 8.22. The SMILES string of the molecule is CC[NH+](CC)CC.ClCCl.ClCCl.O=C([O-])c1c(-c2ccccc2)cccc1-c1ccccc1.O=C([O-])c1c(-c2ccccc2)cccc1-c1ccccc1.O=C([O-])c1c(-c2ccccc2)cccc1-c1ccccc1.[O-2].[O-2].[U]. The number of hydrogen-bond donors (Lipinski definition) is 1. The first-order valence-electron chi connectivity index (χ1n) is 24.4. The van der Waals surface area contributed by atoms with Crippen LogP contribution in [-0.2, 0) is 11.0 Å². The van der Waals surface area contributed by atoms with Gasteiger partial charge in [-0.25, -0.2) is 0 Å². The second kappa shape index (κ2) is 39.8. The van der Waals surface area contributed by atoms with Crippen LogP contribution in [0.4, 0.5) is 0 Å². The number of quaternary nitrogens is 1. The first-order valence-corrected chi connectivity index (χ1v) is 26.6. The fourth-order valence-corrected chi connectivity index (χ4v) is 8.22. The van der Waals surface area contributed by atoms with E-state index in [4.69, 9.17) is 46.4 Å². The van der Waals surface area contributed by atoms with Crippen LogP contribution in [0, 0.1) is 31.1 Å². The van der Waals surface area contributed by atoms with Gasteiger partial charge in [0.05, 0.1) is 48.2 Å². The average Bonchev–Trinajstić information content (AvgIpc) is 3.51. The Hall–Kier alpha value is -6.52. The maximum absolute atomic E-state index is 11.7. The molecule has 9 nitrogen and oxygen atoms in total.